The molecular formula is C12H12BrN5. The van der Waals surface area contributed by atoms with Gasteiger partial charge < -0.3 is 5.32 Å². The van der Waals surface area contributed by atoms with Crippen molar-refractivity contribution in [3.05, 3.63) is 40.8 Å². The number of fused-ring (bicyclic) bond motifs is 1. The van der Waals surface area contributed by atoms with Gasteiger partial charge in [-0.1, -0.05) is 0 Å². The maximum absolute atomic E-state index is 4.46. The second-order valence-corrected chi connectivity index (χ2v) is 4.40. The Labute approximate surface area is 113 Å². The average molecular weight is 306 g/mol. The van der Waals surface area contributed by atoms with Gasteiger partial charge in [-0.25, -0.2) is 4.98 Å². The summed E-state index contributed by atoms with van der Waals surface area (Å²) in [5, 5.41) is 10.8. The molecule has 2 aromatic heterocycles. The van der Waals surface area contributed by atoms with E-state index >= 15 is 0 Å². The standard InChI is InChI=1S/C12H12BrN5/c1-3-11(18-14-2)17-12-5-4-9-10(16-12)6-8(13)7-15-9/h3-7H,1-2H3,(H,16,17)/b11-3-,18-14?. The molecule has 2 heterocycles. The van der Waals surface area contributed by atoms with Gasteiger partial charge in [0.15, 0.2) is 0 Å². The van der Waals surface area contributed by atoms with Crippen LogP contribution in [0.2, 0.25) is 0 Å². The molecule has 0 bridgehead atoms. The number of hydrogen-bond donors (Lipinski definition) is 1. The van der Waals surface area contributed by atoms with Gasteiger partial charge in [0.25, 0.3) is 0 Å². The van der Waals surface area contributed by atoms with Crippen LogP contribution in [0.15, 0.2) is 51.0 Å². The first-order valence-corrected chi connectivity index (χ1v) is 6.17. The highest BCUT2D eigenvalue weighted by Crippen LogP contribution is 2.18. The van der Waals surface area contributed by atoms with E-state index in [1.165, 1.54) is 0 Å². The van der Waals surface area contributed by atoms with Gasteiger partial charge >= 0.3 is 0 Å². The van der Waals surface area contributed by atoms with Crippen molar-refractivity contribution >= 4 is 32.8 Å². The summed E-state index contributed by atoms with van der Waals surface area (Å²) in [7, 11) is 1.63. The number of nitrogens with one attached hydrogen (secondary N) is 1. The lowest BCUT2D eigenvalue weighted by atomic mass is 10.3. The Morgan fingerprint density at radius 1 is 1.39 bits per heavy atom. The Kier molecular flexibility index (Phi) is 3.99. The molecule has 0 aromatic carbocycles. The Morgan fingerprint density at radius 3 is 2.94 bits per heavy atom. The summed E-state index contributed by atoms with van der Waals surface area (Å²) < 4.78 is 0.902. The fraction of sp³-hybridized carbons (Fsp3) is 0.167. The van der Waals surface area contributed by atoms with Crippen LogP contribution in [-0.4, -0.2) is 17.0 Å². The molecule has 0 aliphatic heterocycles. The number of nitrogens with zero attached hydrogens (tertiary/aromatic N) is 4. The lowest BCUT2D eigenvalue weighted by Crippen LogP contribution is -1.99. The zero-order valence-electron chi connectivity index (χ0n) is 10.1. The molecule has 0 radical (unpaired) electrons. The number of pyridine rings is 2. The van der Waals surface area contributed by atoms with Crippen LogP contribution in [0.25, 0.3) is 11.0 Å². The number of anilines is 1. The van der Waals surface area contributed by atoms with Crippen molar-refractivity contribution < 1.29 is 0 Å². The van der Waals surface area contributed by atoms with E-state index in [0.717, 1.165) is 15.5 Å². The van der Waals surface area contributed by atoms with E-state index in [-0.39, 0.29) is 0 Å². The minimum atomic E-state index is 0.660. The molecule has 2 aromatic rings. The highest BCUT2D eigenvalue weighted by atomic mass is 79.9. The smallest absolute Gasteiger partial charge is 0.149 e. The maximum Gasteiger partial charge on any atom is 0.149 e. The second-order valence-electron chi connectivity index (χ2n) is 3.49. The molecule has 1 N–H and O–H groups in total. The third-order valence-corrected chi connectivity index (χ3v) is 2.67. The Balaban J connectivity index is 2.35. The number of rotatable bonds is 3. The minimum absolute atomic E-state index is 0.660. The van der Waals surface area contributed by atoms with Crippen molar-refractivity contribution in [2.24, 2.45) is 10.2 Å². The van der Waals surface area contributed by atoms with Crippen LogP contribution in [-0.2, 0) is 0 Å². The number of azo groups is 1. The van der Waals surface area contributed by atoms with Crippen molar-refractivity contribution in [3.63, 3.8) is 0 Å². The summed E-state index contributed by atoms with van der Waals surface area (Å²) in [6, 6.07) is 5.69. The molecule has 0 aliphatic carbocycles. The number of aromatic nitrogens is 2. The first-order chi connectivity index (χ1) is 8.72. The summed E-state index contributed by atoms with van der Waals surface area (Å²) in [6.45, 7) is 1.89. The summed E-state index contributed by atoms with van der Waals surface area (Å²) in [5.74, 6) is 1.37. The summed E-state index contributed by atoms with van der Waals surface area (Å²) in [4.78, 5) is 8.72. The van der Waals surface area contributed by atoms with E-state index in [0.29, 0.717) is 11.6 Å². The molecular weight excluding hydrogens is 294 g/mol. The highest BCUT2D eigenvalue weighted by molar-refractivity contribution is 9.10. The number of hydrogen-bond acceptors (Lipinski definition) is 5. The lowest BCUT2D eigenvalue weighted by molar-refractivity contribution is 1.07. The van der Waals surface area contributed by atoms with Crippen molar-refractivity contribution in [1.82, 2.24) is 9.97 Å². The van der Waals surface area contributed by atoms with Crippen molar-refractivity contribution in [2.45, 2.75) is 6.92 Å². The van der Waals surface area contributed by atoms with E-state index in [1.807, 2.05) is 31.2 Å². The molecule has 0 spiro atoms. The third-order valence-electron chi connectivity index (χ3n) is 2.24. The fourth-order valence-corrected chi connectivity index (χ4v) is 1.76. The van der Waals surface area contributed by atoms with E-state index in [4.69, 9.17) is 0 Å². The third kappa shape index (κ3) is 2.89. The van der Waals surface area contributed by atoms with Crippen LogP contribution < -0.4 is 5.32 Å². The highest BCUT2D eigenvalue weighted by Gasteiger charge is 2.01. The van der Waals surface area contributed by atoms with E-state index in [9.17, 15) is 0 Å². The normalized spacial score (nSPS) is 12.3. The Bertz CT molecular complexity index is 621. The van der Waals surface area contributed by atoms with Crippen molar-refractivity contribution in [2.75, 3.05) is 12.4 Å². The number of halogens is 1. The Hall–Kier alpha value is -1.82. The molecule has 0 aliphatic rings. The van der Waals surface area contributed by atoms with Gasteiger partial charge in [0.05, 0.1) is 11.0 Å². The number of allylic oxidation sites excluding steroid dienone is 1. The predicted octanol–water partition coefficient (Wildman–Crippen LogP) is 3.75. The minimum Gasteiger partial charge on any atom is -0.324 e. The Morgan fingerprint density at radius 2 is 2.22 bits per heavy atom. The van der Waals surface area contributed by atoms with Crippen molar-refractivity contribution in [3.8, 4) is 0 Å². The van der Waals surface area contributed by atoms with Gasteiger partial charge in [-0.05, 0) is 47.1 Å². The molecule has 18 heavy (non-hydrogen) atoms. The molecule has 2 rings (SSSR count). The fourth-order valence-electron chi connectivity index (χ4n) is 1.45. The molecule has 5 nitrogen and oxygen atoms in total. The van der Waals surface area contributed by atoms with E-state index in [1.54, 1.807) is 13.2 Å². The molecule has 0 fully saturated rings. The van der Waals surface area contributed by atoms with E-state index in [2.05, 4.69) is 41.4 Å². The largest absolute Gasteiger partial charge is 0.324 e. The molecule has 0 saturated heterocycles. The summed E-state index contributed by atoms with van der Waals surface area (Å²) in [5.41, 5.74) is 1.67. The monoisotopic (exact) mass is 305 g/mol. The van der Waals surface area contributed by atoms with Crippen LogP contribution >= 0.6 is 15.9 Å². The molecule has 0 amide bonds. The quantitative estimate of drug-likeness (QED) is 0.878. The van der Waals surface area contributed by atoms with Gasteiger partial charge in [-0.2, -0.15) is 5.11 Å². The molecule has 92 valence electrons. The van der Waals surface area contributed by atoms with Gasteiger partial charge in [-0.3, -0.25) is 4.98 Å². The predicted molar refractivity (Wildman–Crippen MR) is 75.4 cm³/mol. The zero-order valence-corrected chi connectivity index (χ0v) is 11.6. The van der Waals surface area contributed by atoms with Gasteiger partial charge in [-0.15, -0.1) is 5.11 Å². The van der Waals surface area contributed by atoms with E-state index < -0.39 is 0 Å². The van der Waals surface area contributed by atoms with Crippen LogP contribution in [0.4, 0.5) is 5.82 Å². The summed E-state index contributed by atoms with van der Waals surface area (Å²) >= 11 is 3.38. The average Bonchev–Trinajstić information content (AvgIpc) is 2.37. The first kappa shape index (κ1) is 12.6. The second kappa shape index (κ2) is 5.68. The SMILES string of the molecule is C/C=C(\N=NC)Nc1ccc2ncc(Br)cc2n1. The summed E-state index contributed by atoms with van der Waals surface area (Å²) in [6.07, 6.45) is 3.58. The van der Waals surface area contributed by atoms with Crippen LogP contribution in [0.1, 0.15) is 6.92 Å². The molecule has 0 unspecified atom stereocenters. The first-order valence-electron chi connectivity index (χ1n) is 5.38. The molecule has 6 heteroatoms. The molecule has 0 atom stereocenters. The van der Waals surface area contributed by atoms with Crippen molar-refractivity contribution in [1.29, 1.82) is 0 Å². The molecule has 0 saturated carbocycles. The van der Waals surface area contributed by atoms with Gasteiger partial charge in [0.2, 0.25) is 0 Å². The van der Waals surface area contributed by atoms with Crippen LogP contribution in [0.3, 0.4) is 0 Å². The van der Waals surface area contributed by atoms with Gasteiger partial charge in [0, 0.05) is 17.7 Å². The maximum atomic E-state index is 4.46. The lowest BCUT2D eigenvalue weighted by Gasteiger charge is -2.05. The van der Waals surface area contributed by atoms with Crippen LogP contribution in [0, 0.1) is 0 Å². The zero-order chi connectivity index (χ0) is 13.0. The topological polar surface area (TPSA) is 62.5 Å². The van der Waals surface area contributed by atoms with Crippen LogP contribution in [0.5, 0.6) is 0 Å². The van der Waals surface area contributed by atoms with Gasteiger partial charge in [0.1, 0.15) is 11.6 Å².